The van der Waals surface area contributed by atoms with E-state index in [4.69, 9.17) is 0 Å². The topological polar surface area (TPSA) is 69.6 Å². The lowest BCUT2D eigenvalue weighted by Gasteiger charge is -2.19. The molecule has 4 nitrogen and oxygen atoms in total. The van der Waals surface area contributed by atoms with Crippen LogP contribution in [0.15, 0.2) is 24.3 Å². The van der Waals surface area contributed by atoms with E-state index in [1.807, 2.05) is 6.08 Å². The fourth-order valence-corrected chi connectivity index (χ4v) is 3.04. The first-order valence-corrected chi connectivity index (χ1v) is 11.6. The number of hydrogen-bond donors (Lipinski definition) is 3. The van der Waals surface area contributed by atoms with Gasteiger partial charge in [-0.05, 0) is 38.5 Å². The summed E-state index contributed by atoms with van der Waals surface area (Å²) in [5, 5.41) is 22.2. The molecular weight excluding hydrogens is 350 g/mol. The van der Waals surface area contributed by atoms with E-state index in [0.29, 0.717) is 6.42 Å². The van der Waals surface area contributed by atoms with Gasteiger partial charge in [0.05, 0.1) is 18.8 Å². The van der Waals surface area contributed by atoms with Gasteiger partial charge in [-0.25, -0.2) is 0 Å². The van der Waals surface area contributed by atoms with Crippen molar-refractivity contribution in [1.82, 2.24) is 5.32 Å². The summed E-state index contributed by atoms with van der Waals surface area (Å²) in [5.41, 5.74) is 0. The second-order valence-electron chi connectivity index (χ2n) is 7.69. The van der Waals surface area contributed by atoms with Crippen molar-refractivity contribution in [2.75, 3.05) is 6.61 Å². The van der Waals surface area contributed by atoms with E-state index in [1.54, 1.807) is 6.08 Å². The van der Waals surface area contributed by atoms with Crippen LogP contribution in [-0.2, 0) is 4.79 Å². The summed E-state index contributed by atoms with van der Waals surface area (Å²) in [4.78, 5) is 12.0. The maximum Gasteiger partial charge on any atom is 0.220 e. The Labute approximate surface area is 173 Å². The third-order valence-corrected chi connectivity index (χ3v) is 4.93. The highest BCUT2D eigenvalue weighted by Crippen LogP contribution is 2.09. The average molecular weight is 396 g/mol. The van der Waals surface area contributed by atoms with Crippen LogP contribution in [0.25, 0.3) is 0 Å². The molecule has 0 aliphatic rings. The Morgan fingerprint density at radius 1 is 0.821 bits per heavy atom. The van der Waals surface area contributed by atoms with Crippen molar-refractivity contribution in [1.29, 1.82) is 0 Å². The Hall–Kier alpha value is -1.13. The number of carbonyl (C=O) groups excluding carboxylic acids is 1. The molecule has 0 aliphatic heterocycles. The summed E-state index contributed by atoms with van der Waals surface area (Å²) >= 11 is 0. The Morgan fingerprint density at radius 3 is 2.04 bits per heavy atom. The van der Waals surface area contributed by atoms with Crippen LogP contribution in [0.4, 0.5) is 0 Å². The van der Waals surface area contributed by atoms with Crippen LogP contribution >= 0.6 is 0 Å². The second kappa shape index (κ2) is 20.6. The lowest BCUT2D eigenvalue weighted by Crippen LogP contribution is -2.45. The average Bonchev–Trinajstić information content (AvgIpc) is 2.70. The normalized spacial score (nSPS) is 14.0. The predicted molar refractivity (Wildman–Crippen MR) is 119 cm³/mol. The molecule has 164 valence electrons. The summed E-state index contributed by atoms with van der Waals surface area (Å²) < 4.78 is 0. The van der Waals surface area contributed by atoms with Gasteiger partial charge in [-0.3, -0.25) is 4.79 Å². The summed E-state index contributed by atoms with van der Waals surface area (Å²) in [5.74, 6) is -0.0879. The first kappa shape index (κ1) is 26.9. The molecule has 0 saturated carbocycles. The molecule has 0 bridgehead atoms. The van der Waals surface area contributed by atoms with E-state index >= 15 is 0 Å². The van der Waals surface area contributed by atoms with Crippen LogP contribution < -0.4 is 5.32 Å². The second-order valence-corrected chi connectivity index (χ2v) is 7.69. The SMILES string of the molecule is CCCC/C=C/C(O)C(CO)NC(=O)CCCCCCC/C=C\CCCCC. The maximum absolute atomic E-state index is 12.0. The number of aliphatic hydroxyl groups is 2. The first-order chi connectivity index (χ1) is 13.7. The number of nitrogens with one attached hydrogen (secondary N) is 1. The van der Waals surface area contributed by atoms with E-state index < -0.39 is 12.1 Å². The Balaban J connectivity index is 3.70. The molecule has 0 fully saturated rings. The minimum Gasteiger partial charge on any atom is -0.394 e. The number of hydrogen-bond acceptors (Lipinski definition) is 3. The van der Waals surface area contributed by atoms with Gasteiger partial charge in [0.2, 0.25) is 5.91 Å². The van der Waals surface area contributed by atoms with Gasteiger partial charge in [0.1, 0.15) is 0 Å². The van der Waals surface area contributed by atoms with Crippen LogP contribution in [0, 0.1) is 0 Å². The standard InChI is InChI=1S/C24H45NO3/c1-3-5-7-9-10-11-12-13-14-15-16-18-20-24(28)25-22(21-26)23(27)19-17-8-6-4-2/h10-11,17,19,22-23,26-27H,3-9,12-16,18,20-21H2,1-2H3,(H,25,28)/b11-10-,19-17+. The van der Waals surface area contributed by atoms with Crippen LogP contribution in [0.5, 0.6) is 0 Å². The smallest absolute Gasteiger partial charge is 0.220 e. The molecule has 0 aromatic heterocycles. The Kier molecular flexibility index (Phi) is 19.8. The number of unbranched alkanes of at least 4 members (excludes halogenated alkanes) is 10. The molecule has 0 aromatic carbocycles. The van der Waals surface area contributed by atoms with Gasteiger partial charge >= 0.3 is 0 Å². The van der Waals surface area contributed by atoms with Gasteiger partial charge in [0.15, 0.2) is 0 Å². The summed E-state index contributed by atoms with van der Waals surface area (Å²) in [6, 6.07) is -0.616. The molecule has 2 atom stereocenters. The van der Waals surface area contributed by atoms with E-state index in [0.717, 1.165) is 44.9 Å². The van der Waals surface area contributed by atoms with Crippen molar-refractivity contribution in [3.63, 3.8) is 0 Å². The quantitative estimate of drug-likeness (QED) is 0.201. The summed E-state index contributed by atoms with van der Waals surface area (Å²) in [6.07, 6.45) is 22.7. The summed E-state index contributed by atoms with van der Waals surface area (Å²) in [6.45, 7) is 4.10. The van der Waals surface area contributed by atoms with Gasteiger partial charge in [-0.2, -0.15) is 0 Å². The molecule has 0 aliphatic carbocycles. The zero-order valence-corrected chi connectivity index (χ0v) is 18.4. The minimum absolute atomic E-state index is 0.0879. The molecule has 3 N–H and O–H groups in total. The van der Waals surface area contributed by atoms with Crippen LogP contribution in [-0.4, -0.2) is 34.9 Å². The third kappa shape index (κ3) is 17.0. The maximum atomic E-state index is 12.0. The molecule has 4 heteroatoms. The van der Waals surface area contributed by atoms with Gasteiger partial charge in [-0.1, -0.05) is 83.1 Å². The molecule has 2 unspecified atom stereocenters. The third-order valence-electron chi connectivity index (χ3n) is 4.93. The largest absolute Gasteiger partial charge is 0.394 e. The van der Waals surface area contributed by atoms with Crippen LogP contribution in [0.3, 0.4) is 0 Å². The van der Waals surface area contributed by atoms with E-state index in [2.05, 4.69) is 31.3 Å². The molecule has 0 aromatic rings. The number of amides is 1. The molecule has 0 rings (SSSR count). The molecule has 0 radical (unpaired) electrons. The van der Waals surface area contributed by atoms with E-state index in [1.165, 1.54) is 38.5 Å². The van der Waals surface area contributed by atoms with Crippen LogP contribution in [0.1, 0.15) is 104 Å². The minimum atomic E-state index is -0.833. The van der Waals surface area contributed by atoms with Gasteiger partial charge in [0.25, 0.3) is 0 Å². The van der Waals surface area contributed by atoms with Crippen LogP contribution in [0.2, 0.25) is 0 Å². The van der Waals surface area contributed by atoms with Crippen molar-refractivity contribution in [3.05, 3.63) is 24.3 Å². The highest BCUT2D eigenvalue weighted by atomic mass is 16.3. The Bertz CT molecular complexity index is 407. The molecule has 28 heavy (non-hydrogen) atoms. The number of carbonyl (C=O) groups is 1. The molecule has 0 spiro atoms. The molecule has 0 heterocycles. The number of rotatable bonds is 19. The monoisotopic (exact) mass is 395 g/mol. The molecule has 0 saturated heterocycles. The van der Waals surface area contributed by atoms with Gasteiger partial charge in [-0.15, -0.1) is 0 Å². The molecular formula is C24H45NO3. The molecule has 1 amide bonds. The highest BCUT2D eigenvalue weighted by molar-refractivity contribution is 5.76. The summed E-state index contributed by atoms with van der Waals surface area (Å²) in [7, 11) is 0. The number of allylic oxidation sites excluding steroid dienone is 3. The number of aliphatic hydroxyl groups excluding tert-OH is 2. The zero-order valence-electron chi connectivity index (χ0n) is 18.4. The first-order valence-electron chi connectivity index (χ1n) is 11.6. The van der Waals surface area contributed by atoms with Crippen molar-refractivity contribution < 1.29 is 15.0 Å². The van der Waals surface area contributed by atoms with Crippen molar-refractivity contribution >= 4 is 5.91 Å². The van der Waals surface area contributed by atoms with E-state index in [-0.39, 0.29) is 12.5 Å². The van der Waals surface area contributed by atoms with Crippen molar-refractivity contribution in [2.45, 2.75) is 116 Å². The lowest BCUT2D eigenvalue weighted by molar-refractivity contribution is -0.123. The fourth-order valence-electron chi connectivity index (χ4n) is 3.04. The van der Waals surface area contributed by atoms with Crippen molar-refractivity contribution in [2.24, 2.45) is 0 Å². The predicted octanol–water partition coefficient (Wildman–Crippen LogP) is 5.44. The van der Waals surface area contributed by atoms with Gasteiger partial charge in [0, 0.05) is 6.42 Å². The Morgan fingerprint density at radius 2 is 1.39 bits per heavy atom. The van der Waals surface area contributed by atoms with E-state index in [9.17, 15) is 15.0 Å². The van der Waals surface area contributed by atoms with Gasteiger partial charge < -0.3 is 15.5 Å². The van der Waals surface area contributed by atoms with Crippen molar-refractivity contribution in [3.8, 4) is 0 Å². The zero-order chi connectivity index (χ0) is 20.9. The lowest BCUT2D eigenvalue weighted by atomic mass is 10.1. The highest BCUT2D eigenvalue weighted by Gasteiger charge is 2.17. The fraction of sp³-hybridized carbons (Fsp3) is 0.792.